The average Bonchev–Trinajstić information content (AvgIpc) is 2.41. The van der Waals surface area contributed by atoms with Crippen LogP contribution >= 0.6 is 0 Å². The maximum atomic E-state index is 13.3. The van der Waals surface area contributed by atoms with Gasteiger partial charge < -0.3 is 0 Å². The number of hydrogen-bond acceptors (Lipinski definition) is 0. The minimum Gasteiger partial charge on any atom is -0.204 e. The van der Waals surface area contributed by atoms with Crippen molar-refractivity contribution in [2.24, 2.45) is 11.8 Å². The van der Waals surface area contributed by atoms with Gasteiger partial charge in [-0.1, -0.05) is 39.2 Å². The lowest BCUT2D eigenvalue weighted by Gasteiger charge is -2.32. The molecule has 1 saturated carbocycles. The summed E-state index contributed by atoms with van der Waals surface area (Å²) in [7, 11) is 0. The lowest BCUT2D eigenvalue weighted by molar-refractivity contribution is 0.235. The van der Waals surface area contributed by atoms with Gasteiger partial charge in [0.05, 0.1) is 0 Å². The maximum absolute atomic E-state index is 13.3. The van der Waals surface area contributed by atoms with Gasteiger partial charge in [-0.15, -0.1) is 0 Å². The summed E-state index contributed by atoms with van der Waals surface area (Å²) in [4.78, 5) is 0. The molecule has 1 aromatic carbocycles. The van der Waals surface area contributed by atoms with Crippen molar-refractivity contribution in [3.63, 3.8) is 0 Å². The summed E-state index contributed by atoms with van der Waals surface area (Å²) >= 11 is 0. The second-order valence-electron chi connectivity index (χ2n) is 5.66. The monoisotopic (exact) mass is 252 g/mol. The van der Waals surface area contributed by atoms with E-state index in [-0.39, 0.29) is 0 Å². The van der Waals surface area contributed by atoms with Crippen molar-refractivity contribution in [1.29, 1.82) is 0 Å². The van der Waals surface area contributed by atoms with Crippen LogP contribution < -0.4 is 0 Å². The topological polar surface area (TPSA) is 0 Å². The quantitative estimate of drug-likeness (QED) is 0.686. The molecule has 0 spiro atoms. The Hall–Kier alpha value is -0.920. The van der Waals surface area contributed by atoms with Crippen LogP contribution in [0.4, 0.5) is 8.78 Å². The summed E-state index contributed by atoms with van der Waals surface area (Å²) in [6.45, 7) is 4.39. The van der Waals surface area contributed by atoms with Gasteiger partial charge in [-0.25, -0.2) is 8.78 Å². The SMILES string of the molecule is CCC1CCCC(C(C)c2ccc(F)c(F)c2)C1. The van der Waals surface area contributed by atoms with Gasteiger partial charge in [0, 0.05) is 0 Å². The molecule has 0 bridgehead atoms. The average molecular weight is 252 g/mol. The Balaban J connectivity index is 2.10. The first kappa shape index (κ1) is 13.5. The molecule has 1 aromatic rings. The summed E-state index contributed by atoms with van der Waals surface area (Å²) in [5.41, 5.74) is 0.940. The van der Waals surface area contributed by atoms with Crippen LogP contribution in [0.5, 0.6) is 0 Å². The molecule has 100 valence electrons. The summed E-state index contributed by atoms with van der Waals surface area (Å²) in [6, 6.07) is 4.36. The molecule has 0 amide bonds. The third-order valence-electron chi connectivity index (χ3n) is 4.58. The van der Waals surface area contributed by atoms with E-state index < -0.39 is 11.6 Å². The van der Waals surface area contributed by atoms with Crippen LogP contribution in [0.1, 0.15) is 57.4 Å². The Morgan fingerprint density at radius 1 is 1.22 bits per heavy atom. The number of rotatable bonds is 3. The molecular formula is C16H22F2. The van der Waals surface area contributed by atoms with Gasteiger partial charge in [0.1, 0.15) is 0 Å². The van der Waals surface area contributed by atoms with E-state index in [1.807, 2.05) is 0 Å². The van der Waals surface area contributed by atoms with Crippen molar-refractivity contribution in [2.75, 3.05) is 0 Å². The van der Waals surface area contributed by atoms with E-state index >= 15 is 0 Å². The van der Waals surface area contributed by atoms with Crippen LogP contribution in [0.25, 0.3) is 0 Å². The molecule has 0 N–H and O–H groups in total. The molecule has 2 rings (SSSR count). The highest BCUT2D eigenvalue weighted by Crippen LogP contribution is 2.39. The zero-order chi connectivity index (χ0) is 13.1. The number of benzene rings is 1. The van der Waals surface area contributed by atoms with Crippen LogP contribution in [0.3, 0.4) is 0 Å². The first-order valence-corrected chi connectivity index (χ1v) is 7.06. The number of halogens is 2. The van der Waals surface area contributed by atoms with Gasteiger partial charge in [-0.3, -0.25) is 0 Å². The number of hydrogen-bond donors (Lipinski definition) is 0. The summed E-state index contributed by atoms with van der Waals surface area (Å²) < 4.78 is 26.2. The first-order valence-electron chi connectivity index (χ1n) is 7.06. The minimum absolute atomic E-state index is 0.328. The third kappa shape index (κ3) is 2.90. The molecule has 0 heterocycles. The van der Waals surface area contributed by atoms with Crippen LogP contribution in [0.2, 0.25) is 0 Å². The maximum Gasteiger partial charge on any atom is 0.159 e. The van der Waals surface area contributed by atoms with E-state index in [1.54, 1.807) is 6.07 Å². The second kappa shape index (κ2) is 5.81. The zero-order valence-corrected chi connectivity index (χ0v) is 11.3. The van der Waals surface area contributed by atoms with Gasteiger partial charge in [0.25, 0.3) is 0 Å². The molecule has 3 unspecified atom stereocenters. The van der Waals surface area contributed by atoms with Gasteiger partial charge in [-0.05, 0) is 48.3 Å². The van der Waals surface area contributed by atoms with Crippen molar-refractivity contribution in [2.45, 2.75) is 51.9 Å². The Kier molecular flexibility index (Phi) is 4.36. The van der Waals surface area contributed by atoms with Crippen LogP contribution in [-0.2, 0) is 0 Å². The Labute approximate surface area is 108 Å². The van der Waals surface area contributed by atoms with E-state index in [4.69, 9.17) is 0 Å². The van der Waals surface area contributed by atoms with Crippen molar-refractivity contribution in [3.05, 3.63) is 35.4 Å². The fraction of sp³-hybridized carbons (Fsp3) is 0.625. The normalized spacial score (nSPS) is 26.0. The fourth-order valence-electron chi connectivity index (χ4n) is 3.23. The first-order chi connectivity index (χ1) is 8.61. The molecule has 0 saturated heterocycles. The second-order valence-corrected chi connectivity index (χ2v) is 5.66. The van der Waals surface area contributed by atoms with Crippen LogP contribution in [-0.4, -0.2) is 0 Å². The molecule has 0 aliphatic heterocycles. The van der Waals surface area contributed by atoms with Gasteiger partial charge in [-0.2, -0.15) is 0 Å². The van der Waals surface area contributed by atoms with Gasteiger partial charge in [0.15, 0.2) is 11.6 Å². The molecule has 0 aromatic heterocycles. The van der Waals surface area contributed by atoms with Crippen molar-refractivity contribution in [3.8, 4) is 0 Å². The highest BCUT2D eigenvalue weighted by molar-refractivity contribution is 5.22. The predicted octanol–water partition coefficient (Wildman–Crippen LogP) is 5.28. The lowest BCUT2D eigenvalue weighted by Crippen LogP contribution is -2.20. The molecule has 2 heteroatoms. The van der Waals surface area contributed by atoms with Crippen molar-refractivity contribution < 1.29 is 8.78 Å². The third-order valence-corrected chi connectivity index (χ3v) is 4.58. The molecule has 18 heavy (non-hydrogen) atoms. The minimum atomic E-state index is -0.749. The molecule has 1 aliphatic carbocycles. The molecule has 1 fully saturated rings. The van der Waals surface area contributed by atoms with Crippen molar-refractivity contribution in [1.82, 2.24) is 0 Å². The van der Waals surface area contributed by atoms with E-state index in [1.165, 1.54) is 44.2 Å². The standard InChI is InChI=1S/C16H22F2/c1-3-12-5-4-6-13(9-12)11(2)14-7-8-15(17)16(18)10-14/h7-8,10-13H,3-6,9H2,1-2H3. The van der Waals surface area contributed by atoms with Gasteiger partial charge >= 0.3 is 0 Å². The fourth-order valence-corrected chi connectivity index (χ4v) is 3.23. The van der Waals surface area contributed by atoms with Crippen molar-refractivity contribution >= 4 is 0 Å². The Morgan fingerprint density at radius 2 is 2.00 bits per heavy atom. The molecule has 0 nitrogen and oxygen atoms in total. The summed E-state index contributed by atoms with van der Waals surface area (Å²) in [5.74, 6) is 0.294. The summed E-state index contributed by atoms with van der Waals surface area (Å²) in [5, 5.41) is 0. The smallest absolute Gasteiger partial charge is 0.159 e. The van der Waals surface area contributed by atoms with Crippen LogP contribution in [0.15, 0.2) is 18.2 Å². The Bertz CT molecular complexity index is 400. The summed E-state index contributed by atoms with van der Waals surface area (Å²) in [6.07, 6.45) is 6.29. The van der Waals surface area contributed by atoms with Crippen LogP contribution in [0, 0.1) is 23.5 Å². The molecule has 1 aliphatic rings. The van der Waals surface area contributed by atoms with Gasteiger partial charge in [0.2, 0.25) is 0 Å². The van der Waals surface area contributed by atoms with E-state index in [0.29, 0.717) is 11.8 Å². The lowest BCUT2D eigenvalue weighted by atomic mass is 9.73. The Morgan fingerprint density at radius 3 is 2.67 bits per heavy atom. The molecule has 3 atom stereocenters. The van der Waals surface area contributed by atoms with E-state index in [0.717, 1.165) is 11.5 Å². The highest BCUT2D eigenvalue weighted by atomic mass is 19.2. The predicted molar refractivity (Wildman–Crippen MR) is 70.5 cm³/mol. The van der Waals surface area contributed by atoms with E-state index in [9.17, 15) is 8.78 Å². The highest BCUT2D eigenvalue weighted by Gasteiger charge is 2.26. The molecular weight excluding hydrogens is 230 g/mol. The zero-order valence-electron chi connectivity index (χ0n) is 11.3. The molecule has 0 radical (unpaired) electrons. The van der Waals surface area contributed by atoms with E-state index in [2.05, 4.69) is 13.8 Å². The largest absolute Gasteiger partial charge is 0.204 e.